The summed E-state index contributed by atoms with van der Waals surface area (Å²) in [7, 11) is 0. The Morgan fingerprint density at radius 3 is 2.76 bits per heavy atom. The molecule has 0 bridgehead atoms. The maximum atomic E-state index is 5.85. The molecule has 0 radical (unpaired) electrons. The Morgan fingerprint density at radius 1 is 1.18 bits per heavy atom. The Balaban J connectivity index is 1.85. The summed E-state index contributed by atoms with van der Waals surface area (Å²) in [5, 5.41) is 1.17. The minimum Gasteiger partial charge on any atom is -0.460 e. The van der Waals surface area contributed by atoms with Crippen molar-refractivity contribution in [2.24, 2.45) is 5.73 Å². The molecule has 1 saturated heterocycles. The lowest BCUT2D eigenvalue weighted by Gasteiger charge is -2.11. The second kappa shape index (κ2) is 4.51. The molecular weight excluding hydrogens is 212 g/mol. The van der Waals surface area contributed by atoms with Crippen LogP contribution in [-0.4, -0.2) is 18.0 Å². The van der Waals surface area contributed by atoms with Crippen LogP contribution in [0.25, 0.3) is 11.0 Å². The largest absolute Gasteiger partial charge is 0.460 e. The summed E-state index contributed by atoms with van der Waals surface area (Å²) in [6.45, 7) is 3.92. The van der Waals surface area contributed by atoms with E-state index in [1.54, 1.807) is 0 Å². The van der Waals surface area contributed by atoms with Crippen molar-refractivity contribution in [3.8, 4) is 0 Å². The van der Waals surface area contributed by atoms with E-state index in [1.807, 2.05) is 12.1 Å². The fourth-order valence-corrected chi connectivity index (χ4v) is 2.51. The van der Waals surface area contributed by atoms with Crippen molar-refractivity contribution in [1.82, 2.24) is 4.90 Å². The van der Waals surface area contributed by atoms with Gasteiger partial charge in [0.1, 0.15) is 11.3 Å². The van der Waals surface area contributed by atoms with Crippen LogP contribution in [0, 0.1) is 0 Å². The topological polar surface area (TPSA) is 42.4 Å². The van der Waals surface area contributed by atoms with E-state index in [0.29, 0.717) is 6.54 Å². The molecule has 3 rings (SSSR count). The molecule has 1 fully saturated rings. The summed E-state index contributed by atoms with van der Waals surface area (Å²) in [4.78, 5) is 2.45. The monoisotopic (exact) mass is 230 g/mol. The first-order valence-electron chi connectivity index (χ1n) is 6.29. The highest BCUT2D eigenvalue weighted by atomic mass is 16.3. The van der Waals surface area contributed by atoms with E-state index >= 15 is 0 Å². The predicted molar refractivity (Wildman–Crippen MR) is 68.6 cm³/mol. The first-order chi connectivity index (χ1) is 8.35. The van der Waals surface area contributed by atoms with Gasteiger partial charge in [0.15, 0.2) is 0 Å². The van der Waals surface area contributed by atoms with Crippen LogP contribution in [-0.2, 0) is 13.1 Å². The third-order valence-corrected chi connectivity index (χ3v) is 3.45. The molecule has 1 aromatic heterocycles. The van der Waals surface area contributed by atoms with Gasteiger partial charge in [-0.25, -0.2) is 0 Å². The highest BCUT2D eigenvalue weighted by molar-refractivity contribution is 5.78. The van der Waals surface area contributed by atoms with Gasteiger partial charge in [0.05, 0.1) is 6.54 Å². The van der Waals surface area contributed by atoms with Crippen molar-refractivity contribution >= 4 is 11.0 Å². The SMILES string of the molecule is NCc1ccc2oc(CN3CCCC3)cc2c1. The second-order valence-corrected chi connectivity index (χ2v) is 4.77. The third-order valence-electron chi connectivity index (χ3n) is 3.45. The van der Waals surface area contributed by atoms with Crippen LogP contribution in [0.5, 0.6) is 0 Å². The number of hydrogen-bond acceptors (Lipinski definition) is 3. The van der Waals surface area contributed by atoms with E-state index in [2.05, 4.69) is 17.0 Å². The molecule has 0 spiro atoms. The number of likely N-dealkylation sites (tertiary alicyclic amines) is 1. The standard InChI is InChI=1S/C14H18N2O/c15-9-11-3-4-14-12(7-11)8-13(17-14)10-16-5-1-2-6-16/h3-4,7-8H,1-2,5-6,9-10,15H2. The number of furan rings is 1. The number of hydrogen-bond donors (Lipinski definition) is 1. The van der Waals surface area contributed by atoms with Crippen LogP contribution < -0.4 is 5.73 Å². The molecule has 0 unspecified atom stereocenters. The van der Waals surface area contributed by atoms with Gasteiger partial charge in [-0.1, -0.05) is 6.07 Å². The molecule has 2 aromatic rings. The maximum absolute atomic E-state index is 5.85. The van der Waals surface area contributed by atoms with Crippen LogP contribution in [0.4, 0.5) is 0 Å². The van der Waals surface area contributed by atoms with E-state index in [-0.39, 0.29) is 0 Å². The predicted octanol–water partition coefficient (Wildman–Crippen LogP) is 2.49. The van der Waals surface area contributed by atoms with Crippen molar-refractivity contribution in [2.75, 3.05) is 13.1 Å². The van der Waals surface area contributed by atoms with Gasteiger partial charge in [-0.05, 0) is 49.7 Å². The number of fused-ring (bicyclic) bond motifs is 1. The molecule has 0 saturated carbocycles. The van der Waals surface area contributed by atoms with Crippen molar-refractivity contribution in [3.63, 3.8) is 0 Å². The van der Waals surface area contributed by atoms with Crippen molar-refractivity contribution < 1.29 is 4.42 Å². The van der Waals surface area contributed by atoms with Crippen LogP contribution in [0.2, 0.25) is 0 Å². The first kappa shape index (κ1) is 10.8. The smallest absolute Gasteiger partial charge is 0.134 e. The zero-order valence-electron chi connectivity index (χ0n) is 9.98. The molecule has 17 heavy (non-hydrogen) atoms. The molecule has 90 valence electrons. The van der Waals surface area contributed by atoms with Gasteiger partial charge >= 0.3 is 0 Å². The van der Waals surface area contributed by atoms with E-state index in [1.165, 1.54) is 31.3 Å². The Bertz CT molecular complexity index is 512. The van der Waals surface area contributed by atoms with Gasteiger partial charge in [0.2, 0.25) is 0 Å². The molecule has 1 aliphatic heterocycles. The van der Waals surface area contributed by atoms with Gasteiger partial charge in [-0.2, -0.15) is 0 Å². The molecule has 0 atom stereocenters. The second-order valence-electron chi connectivity index (χ2n) is 4.77. The molecule has 2 N–H and O–H groups in total. The minimum atomic E-state index is 0.586. The Morgan fingerprint density at radius 2 is 2.00 bits per heavy atom. The number of rotatable bonds is 3. The maximum Gasteiger partial charge on any atom is 0.134 e. The summed E-state index contributed by atoms with van der Waals surface area (Å²) in [6.07, 6.45) is 2.63. The molecule has 1 aromatic carbocycles. The highest BCUT2D eigenvalue weighted by Gasteiger charge is 2.14. The zero-order chi connectivity index (χ0) is 11.7. The van der Waals surface area contributed by atoms with Crippen molar-refractivity contribution in [2.45, 2.75) is 25.9 Å². The highest BCUT2D eigenvalue weighted by Crippen LogP contribution is 2.22. The number of benzene rings is 1. The van der Waals surface area contributed by atoms with E-state index in [4.69, 9.17) is 10.2 Å². The molecule has 1 aliphatic rings. The fourth-order valence-electron chi connectivity index (χ4n) is 2.51. The van der Waals surface area contributed by atoms with Gasteiger partial charge in [0.25, 0.3) is 0 Å². The lowest BCUT2D eigenvalue weighted by molar-refractivity contribution is 0.302. The van der Waals surface area contributed by atoms with Gasteiger partial charge in [0, 0.05) is 11.9 Å². The summed E-state index contributed by atoms with van der Waals surface area (Å²) < 4.78 is 5.85. The first-order valence-corrected chi connectivity index (χ1v) is 6.29. The van der Waals surface area contributed by atoms with Crippen molar-refractivity contribution in [3.05, 3.63) is 35.6 Å². The third kappa shape index (κ3) is 2.21. The number of nitrogens with zero attached hydrogens (tertiary/aromatic N) is 1. The van der Waals surface area contributed by atoms with Crippen LogP contribution >= 0.6 is 0 Å². The molecule has 2 heterocycles. The molecule has 3 heteroatoms. The zero-order valence-corrected chi connectivity index (χ0v) is 9.98. The molecule has 3 nitrogen and oxygen atoms in total. The van der Waals surface area contributed by atoms with Gasteiger partial charge in [-0.3, -0.25) is 4.90 Å². The Hall–Kier alpha value is -1.32. The summed E-state index contributed by atoms with van der Waals surface area (Å²) in [5.41, 5.74) is 7.77. The Labute approximate surface area is 101 Å². The van der Waals surface area contributed by atoms with Crippen LogP contribution in [0.3, 0.4) is 0 Å². The lowest BCUT2D eigenvalue weighted by Crippen LogP contribution is -2.17. The molecule has 0 aliphatic carbocycles. The van der Waals surface area contributed by atoms with Gasteiger partial charge in [-0.15, -0.1) is 0 Å². The lowest BCUT2D eigenvalue weighted by atomic mass is 10.1. The van der Waals surface area contributed by atoms with E-state index in [0.717, 1.165) is 23.5 Å². The minimum absolute atomic E-state index is 0.586. The fraction of sp³-hybridized carbons (Fsp3) is 0.429. The average molecular weight is 230 g/mol. The van der Waals surface area contributed by atoms with E-state index < -0.39 is 0 Å². The van der Waals surface area contributed by atoms with Crippen LogP contribution in [0.15, 0.2) is 28.7 Å². The summed E-state index contributed by atoms with van der Waals surface area (Å²) >= 11 is 0. The molecule has 0 amide bonds. The normalized spacial score (nSPS) is 17.0. The van der Waals surface area contributed by atoms with Gasteiger partial charge < -0.3 is 10.2 Å². The summed E-state index contributed by atoms with van der Waals surface area (Å²) in [5.74, 6) is 1.07. The average Bonchev–Trinajstić information content (AvgIpc) is 2.96. The number of nitrogens with two attached hydrogens (primary N) is 1. The van der Waals surface area contributed by atoms with E-state index in [9.17, 15) is 0 Å². The molecular formula is C14H18N2O. The van der Waals surface area contributed by atoms with Crippen molar-refractivity contribution in [1.29, 1.82) is 0 Å². The van der Waals surface area contributed by atoms with Crippen LogP contribution in [0.1, 0.15) is 24.2 Å². The Kier molecular flexibility index (Phi) is 2.87. The summed E-state index contributed by atoms with van der Waals surface area (Å²) in [6, 6.07) is 8.32. The quantitative estimate of drug-likeness (QED) is 0.880.